The normalized spacial score (nSPS) is 16.9. The lowest BCUT2D eigenvalue weighted by Gasteiger charge is -2.24. The quantitative estimate of drug-likeness (QED) is 0.373. The Morgan fingerprint density at radius 2 is 2.00 bits per heavy atom. The molecule has 4 heterocycles. The second-order valence-electron chi connectivity index (χ2n) is 9.05. The third kappa shape index (κ3) is 3.94. The summed E-state index contributed by atoms with van der Waals surface area (Å²) in [5.74, 6) is 1.27. The minimum Gasteiger partial charge on any atom is -0.358 e. The number of aliphatic imine (C=N–C) groups is 1. The number of aromatic nitrogens is 5. The molecule has 1 fully saturated rings. The predicted molar refractivity (Wildman–Crippen MR) is 137 cm³/mol. The number of allylic oxidation sites excluding steroid dienone is 4. The van der Waals surface area contributed by atoms with E-state index in [1.165, 1.54) is 32.1 Å². The Morgan fingerprint density at radius 1 is 1.09 bits per heavy atom. The van der Waals surface area contributed by atoms with Gasteiger partial charge in [0.25, 0.3) is 0 Å². The number of imidazole rings is 1. The molecule has 1 aliphatic carbocycles. The van der Waals surface area contributed by atoms with Crippen LogP contribution in [0.3, 0.4) is 0 Å². The maximum absolute atomic E-state index is 4.71. The Hall–Kier alpha value is -4.00. The molecular formula is C27H27N7. The van der Waals surface area contributed by atoms with Gasteiger partial charge in [-0.05, 0) is 54.2 Å². The van der Waals surface area contributed by atoms with E-state index in [-0.39, 0.29) is 0 Å². The standard InChI is InChI=1S/C27H27N7/c1-17(18-5-3-2-4-6-18)30-21-13-20(9-11-28-15-21)19-7-8-23-22(14-19)26(34-33-23)27-31-24-10-12-29-16-25(24)32-27/h7-10,12-16,18,30H,1-6,11H2,(H,31,32)(H,33,34). The second kappa shape index (κ2) is 8.74. The number of fused-ring (bicyclic) bond motifs is 2. The highest BCUT2D eigenvalue weighted by molar-refractivity contribution is 5.96. The summed E-state index contributed by atoms with van der Waals surface area (Å²) in [7, 11) is 0. The molecule has 0 bridgehead atoms. The molecule has 7 heteroatoms. The van der Waals surface area contributed by atoms with Gasteiger partial charge in [-0.2, -0.15) is 5.10 Å². The lowest BCUT2D eigenvalue weighted by molar-refractivity contribution is 0.393. The molecule has 1 aliphatic heterocycles. The number of nitrogens with one attached hydrogen (secondary N) is 3. The smallest absolute Gasteiger partial charge is 0.159 e. The zero-order chi connectivity index (χ0) is 22.9. The molecule has 34 heavy (non-hydrogen) atoms. The van der Waals surface area contributed by atoms with Gasteiger partial charge < -0.3 is 10.3 Å². The van der Waals surface area contributed by atoms with Crippen LogP contribution in [0.2, 0.25) is 0 Å². The van der Waals surface area contributed by atoms with Crippen molar-refractivity contribution < 1.29 is 0 Å². The first-order valence-corrected chi connectivity index (χ1v) is 11.9. The van der Waals surface area contributed by atoms with Crippen molar-refractivity contribution in [2.75, 3.05) is 6.54 Å². The summed E-state index contributed by atoms with van der Waals surface area (Å²) in [4.78, 5) is 16.8. The Labute approximate surface area is 197 Å². The molecule has 0 atom stereocenters. The van der Waals surface area contributed by atoms with E-state index in [1.807, 2.05) is 12.3 Å². The molecule has 0 spiro atoms. The average Bonchev–Trinajstić information content (AvgIpc) is 3.42. The highest BCUT2D eigenvalue weighted by Crippen LogP contribution is 2.31. The SMILES string of the molecule is C=C(NC1=CC(c2ccc3[nH]nc(-c4nc5ccncc5[nH]4)c3c2)=CCN=C1)C1CCCCC1. The number of nitrogens with zero attached hydrogens (tertiary/aromatic N) is 4. The van der Waals surface area contributed by atoms with Gasteiger partial charge in [0.05, 0.1) is 35.0 Å². The highest BCUT2D eigenvalue weighted by atomic mass is 15.1. The van der Waals surface area contributed by atoms with E-state index in [9.17, 15) is 0 Å². The van der Waals surface area contributed by atoms with Crippen LogP contribution in [-0.4, -0.2) is 37.9 Å². The molecule has 1 aromatic carbocycles. The summed E-state index contributed by atoms with van der Waals surface area (Å²) in [5.41, 5.74) is 7.85. The molecular weight excluding hydrogens is 422 g/mol. The fraction of sp³-hybridized carbons (Fsp3) is 0.259. The van der Waals surface area contributed by atoms with Gasteiger partial charge in [-0.25, -0.2) is 4.98 Å². The minimum absolute atomic E-state index is 0.544. The molecule has 6 rings (SSSR count). The van der Waals surface area contributed by atoms with Gasteiger partial charge in [0.2, 0.25) is 0 Å². The third-order valence-electron chi connectivity index (χ3n) is 6.76. The van der Waals surface area contributed by atoms with Crippen molar-refractivity contribution >= 4 is 33.7 Å². The zero-order valence-electron chi connectivity index (χ0n) is 19.0. The van der Waals surface area contributed by atoms with Gasteiger partial charge in [0, 0.05) is 23.5 Å². The van der Waals surface area contributed by atoms with Crippen LogP contribution in [0, 0.1) is 5.92 Å². The predicted octanol–water partition coefficient (Wildman–Crippen LogP) is 5.54. The minimum atomic E-state index is 0.544. The molecule has 1 saturated carbocycles. The lowest BCUT2D eigenvalue weighted by Crippen LogP contribution is -2.21. The molecule has 0 saturated heterocycles. The van der Waals surface area contributed by atoms with Crippen molar-refractivity contribution in [1.82, 2.24) is 30.5 Å². The Kier molecular flexibility index (Phi) is 5.30. The molecule has 3 N–H and O–H groups in total. The van der Waals surface area contributed by atoms with Crippen LogP contribution in [-0.2, 0) is 0 Å². The van der Waals surface area contributed by atoms with Crippen LogP contribution in [0.5, 0.6) is 0 Å². The maximum Gasteiger partial charge on any atom is 0.159 e. The van der Waals surface area contributed by atoms with Crippen LogP contribution >= 0.6 is 0 Å². The van der Waals surface area contributed by atoms with Crippen LogP contribution in [0.25, 0.3) is 39.0 Å². The van der Waals surface area contributed by atoms with Crippen LogP contribution < -0.4 is 5.32 Å². The number of benzene rings is 1. The first-order chi connectivity index (χ1) is 16.7. The summed E-state index contributed by atoms with van der Waals surface area (Å²) >= 11 is 0. The summed E-state index contributed by atoms with van der Waals surface area (Å²) in [6.45, 7) is 4.98. The molecule has 2 aliphatic rings. The number of H-pyrrole nitrogens is 2. The van der Waals surface area contributed by atoms with Gasteiger partial charge in [-0.1, -0.05) is 38.0 Å². The van der Waals surface area contributed by atoms with Crippen LogP contribution in [0.15, 0.2) is 71.8 Å². The maximum atomic E-state index is 4.71. The van der Waals surface area contributed by atoms with Crippen molar-refractivity contribution in [2.45, 2.75) is 32.1 Å². The summed E-state index contributed by atoms with van der Waals surface area (Å²) < 4.78 is 0. The first-order valence-electron chi connectivity index (χ1n) is 11.9. The van der Waals surface area contributed by atoms with Crippen LogP contribution in [0.1, 0.15) is 37.7 Å². The molecule has 4 aromatic rings. The Bertz CT molecular complexity index is 1430. The van der Waals surface area contributed by atoms with Gasteiger partial charge >= 0.3 is 0 Å². The first kappa shape index (κ1) is 20.6. The molecule has 170 valence electrons. The monoisotopic (exact) mass is 449 g/mol. The topological polar surface area (TPSA) is 94.6 Å². The van der Waals surface area contributed by atoms with Crippen molar-refractivity contribution in [3.05, 3.63) is 72.3 Å². The van der Waals surface area contributed by atoms with Crippen molar-refractivity contribution in [1.29, 1.82) is 0 Å². The number of aromatic amines is 2. The fourth-order valence-electron chi connectivity index (χ4n) is 4.92. The van der Waals surface area contributed by atoms with Crippen molar-refractivity contribution in [2.24, 2.45) is 10.9 Å². The van der Waals surface area contributed by atoms with E-state index in [2.05, 4.69) is 67.4 Å². The van der Waals surface area contributed by atoms with E-state index in [0.717, 1.165) is 56.0 Å². The molecule has 3 aromatic heterocycles. The van der Waals surface area contributed by atoms with Crippen molar-refractivity contribution in [3.63, 3.8) is 0 Å². The molecule has 0 radical (unpaired) electrons. The number of hydrogen-bond donors (Lipinski definition) is 3. The number of hydrogen-bond acceptors (Lipinski definition) is 5. The fourth-order valence-corrected chi connectivity index (χ4v) is 4.92. The summed E-state index contributed by atoms with van der Waals surface area (Å²) in [6, 6.07) is 8.25. The number of rotatable bonds is 5. The molecule has 0 amide bonds. The van der Waals surface area contributed by atoms with Gasteiger partial charge in [-0.3, -0.25) is 15.1 Å². The molecule has 7 nitrogen and oxygen atoms in total. The Balaban J connectivity index is 1.32. The van der Waals surface area contributed by atoms with Crippen LogP contribution in [0.4, 0.5) is 0 Å². The van der Waals surface area contributed by atoms with E-state index in [4.69, 9.17) is 4.98 Å². The Morgan fingerprint density at radius 3 is 2.88 bits per heavy atom. The van der Waals surface area contributed by atoms with Gasteiger partial charge in [0.15, 0.2) is 5.82 Å². The highest BCUT2D eigenvalue weighted by Gasteiger charge is 2.18. The largest absolute Gasteiger partial charge is 0.358 e. The average molecular weight is 450 g/mol. The lowest BCUT2D eigenvalue weighted by atomic mass is 9.87. The summed E-state index contributed by atoms with van der Waals surface area (Å²) in [6.07, 6.45) is 16.1. The van der Waals surface area contributed by atoms with Gasteiger partial charge in [0.1, 0.15) is 5.69 Å². The van der Waals surface area contributed by atoms with E-state index in [0.29, 0.717) is 12.5 Å². The molecule has 0 unspecified atom stereocenters. The van der Waals surface area contributed by atoms with Crippen molar-refractivity contribution in [3.8, 4) is 11.5 Å². The van der Waals surface area contributed by atoms with Gasteiger partial charge in [-0.15, -0.1) is 0 Å². The number of pyridine rings is 1. The third-order valence-corrected chi connectivity index (χ3v) is 6.76. The zero-order valence-corrected chi connectivity index (χ0v) is 19.0. The summed E-state index contributed by atoms with van der Waals surface area (Å²) in [5, 5.41) is 12.3. The second-order valence-corrected chi connectivity index (χ2v) is 9.05. The van der Waals surface area contributed by atoms with E-state index in [1.54, 1.807) is 12.4 Å². The van der Waals surface area contributed by atoms with E-state index < -0.39 is 0 Å². The van der Waals surface area contributed by atoms with E-state index >= 15 is 0 Å².